The minimum Gasteiger partial charge on any atom is -0.397 e. The average Bonchev–Trinajstić information content (AvgIpc) is 2.46. The van der Waals surface area contributed by atoms with Crippen LogP contribution in [0.1, 0.15) is 20.3 Å². The summed E-state index contributed by atoms with van der Waals surface area (Å²) in [5.74, 6) is 1.33. The minimum atomic E-state index is 0.126. The summed E-state index contributed by atoms with van der Waals surface area (Å²) < 4.78 is 0. The summed E-state index contributed by atoms with van der Waals surface area (Å²) in [5.41, 5.74) is 6.31. The number of nitrogen functional groups attached to an aromatic ring is 1. The SMILES string of the molecule is CCC(C)C(=O)N1CCN(c2ccc(N)cn2)CC1. The lowest BCUT2D eigenvalue weighted by atomic mass is 10.1. The van der Waals surface area contributed by atoms with E-state index in [1.807, 2.05) is 24.0 Å². The monoisotopic (exact) mass is 262 g/mol. The van der Waals surface area contributed by atoms with E-state index in [2.05, 4.69) is 16.8 Å². The zero-order valence-electron chi connectivity index (χ0n) is 11.7. The van der Waals surface area contributed by atoms with E-state index in [1.54, 1.807) is 6.20 Å². The van der Waals surface area contributed by atoms with Gasteiger partial charge in [0.1, 0.15) is 5.82 Å². The van der Waals surface area contributed by atoms with Gasteiger partial charge in [-0.3, -0.25) is 4.79 Å². The molecule has 0 aromatic carbocycles. The standard InChI is InChI=1S/C14H22N4O/c1-3-11(2)14(19)18-8-6-17(7-9-18)13-5-4-12(15)10-16-13/h4-5,10-11H,3,6-9,15H2,1-2H3. The highest BCUT2D eigenvalue weighted by Gasteiger charge is 2.24. The van der Waals surface area contributed by atoms with Gasteiger partial charge in [0, 0.05) is 32.1 Å². The first kappa shape index (κ1) is 13.6. The van der Waals surface area contributed by atoms with E-state index in [1.165, 1.54) is 0 Å². The van der Waals surface area contributed by atoms with Gasteiger partial charge in [0.15, 0.2) is 0 Å². The maximum atomic E-state index is 12.1. The number of aromatic nitrogens is 1. The van der Waals surface area contributed by atoms with Crippen LogP contribution in [0.5, 0.6) is 0 Å². The Kier molecular flexibility index (Phi) is 4.24. The molecule has 1 fully saturated rings. The first-order chi connectivity index (χ1) is 9.11. The molecular weight excluding hydrogens is 240 g/mol. The van der Waals surface area contributed by atoms with Crippen molar-refractivity contribution >= 4 is 17.4 Å². The molecule has 104 valence electrons. The fourth-order valence-corrected chi connectivity index (χ4v) is 2.23. The normalized spacial score (nSPS) is 17.4. The number of amides is 1. The molecule has 0 spiro atoms. The van der Waals surface area contributed by atoms with Crippen LogP contribution in [0.4, 0.5) is 11.5 Å². The van der Waals surface area contributed by atoms with Crippen LogP contribution in [-0.2, 0) is 4.79 Å². The second-order valence-corrected chi connectivity index (χ2v) is 5.07. The number of pyridine rings is 1. The fraction of sp³-hybridized carbons (Fsp3) is 0.571. The van der Waals surface area contributed by atoms with Crippen LogP contribution in [0.2, 0.25) is 0 Å². The topological polar surface area (TPSA) is 62.5 Å². The summed E-state index contributed by atoms with van der Waals surface area (Å²) in [6.45, 7) is 7.26. The maximum Gasteiger partial charge on any atom is 0.225 e. The molecule has 2 N–H and O–H groups in total. The molecule has 0 saturated carbocycles. The van der Waals surface area contributed by atoms with Gasteiger partial charge in [-0.2, -0.15) is 0 Å². The Morgan fingerprint density at radius 3 is 2.58 bits per heavy atom. The molecule has 0 radical (unpaired) electrons. The molecule has 1 atom stereocenters. The summed E-state index contributed by atoms with van der Waals surface area (Å²) in [4.78, 5) is 20.6. The third-order valence-electron chi connectivity index (χ3n) is 3.72. The van der Waals surface area contributed by atoms with Crippen molar-refractivity contribution in [3.05, 3.63) is 18.3 Å². The molecular formula is C14H22N4O. The summed E-state index contributed by atoms with van der Waals surface area (Å²) in [6, 6.07) is 3.79. The first-order valence-corrected chi connectivity index (χ1v) is 6.87. The summed E-state index contributed by atoms with van der Waals surface area (Å²) in [7, 11) is 0. The lowest BCUT2D eigenvalue weighted by molar-refractivity contribution is -0.135. The van der Waals surface area contributed by atoms with E-state index in [4.69, 9.17) is 5.73 Å². The number of hydrogen-bond acceptors (Lipinski definition) is 4. The molecule has 2 rings (SSSR count). The molecule has 1 saturated heterocycles. The van der Waals surface area contributed by atoms with E-state index in [-0.39, 0.29) is 11.8 Å². The second-order valence-electron chi connectivity index (χ2n) is 5.07. The van der Waals surface area contributed by atoms with Crippen LogP contribution < -0.4 is 10.6 Å². The van der Waals surface area contributed by atoms with Crippen molar-refractivity contribution in [1.29, 1.82) is 0 Å². The Labute approximate surface area is 114 Å². The van der Waals surface area contributed by atoms with Crippen LogP contribution in [-0.4, -0.2) is 42.0 Å². The van der Waals surface area contributed by atoms with Crippen molar-refractivity contribution in [1.82, 2.24) is 9.88 Å². The predicted octanol–water partition coefficient (Wildman–Crippen LogP) is 1.36. The largest absolute Gasteiger partial charge is 0.397 e. The van der Waals surface area contributed by atoms with Crippen LogP contribution >= 0.6 is 0 Å². The van der Waals surface area contributed by atoms with Crippen LogP contribution in [0.3, 0.4) is 0 Å². The summed E-state index contributed by atoms with van der Waals surface area (Å²) >= 11 is 0. The number of hydrogen-bond donors (Lipinski definition) is 1. The van der Waals surface area contributed by atoms with Gasteiger partial charge in [-0.25, -0.2) is 4.98 Å². The van der Waals surface area contributed by atoms with E-state index < -0.39 is 0 Å². The third kappa shape index (κ3) is 3.16. The Morgan fingerprint density at radius 2 is 2.05 bits per heavy atom. The summed E-state index contributed by atoms with van der Waals surface area (Å²) in [6.07, 6.45) is 2.57. The molecule has 1 aromatic heterocycles. The Hall–Kier alpha value is -1.78. The Bertz CT molecular complexity index is 424. The molecule has 1 aliphatic rings. The molecule has 5 nitrogen and oxygen atoms in total. The van der Waals surface area contributed by atoms with Crippen molar-refractivity contribution in [3.63, 3.8) is 0 Å². The molecule has 2 heterocycles. The average molecular weight is 262 g/mol. The highest BCUT2D eigenvalue weighted by Crippen LogP contribution is 2.16. The zero-order chi connectivity index (χ0) is 13.8. The van der Waals surface area contributed by atoms with E-state index >= 15 is 0 Å². The van der Waals surface area contributed by atoms with Crippen LogP contribution in [0.15, 0.2) is 18.3 Å². The van der Waals surface area contributed by atoms with Gasteiger partial charge in [-0.1, -0.05) is 13.8 Å². The lowest BCUT2D eigenvalue weighted by Gasteiger charge is -2.36. The molecule has 0 bridgehead atoms. The molecule has 1 unspecified atom stereocenters. The minimum absolute atomic E-state index is 0.126. The van der Waals surface area contributed by atoms with E-state index in [9.17, 15) is 4.79 Å². The van der Waals surface area contributed by atoms with Gasteiger partial charge in [-0.05, 0) is 18.6 Å². The van der Waals surface area contributed by atoms with Crippen molar-refractivity contribution in [2.24, 2.45) is 5.92 Å². The predicted molar refractivity (Wildman–Crippen MR) is 76.9 cm³/mol. The third-order valence-corrected chi connectivity index (χ3v) is 3.72. The molecule has 19 heavy (non-hydrogen) atoms. The lowest BCUT2D eigenvalue weighted by Crippen LogP contribution is -2.50. The van der Waals surface area contributed by atoms with Gasteiger partial charge in [0.25, 0.3) is 0 Å². The van der Waals surface area contributed by atoms with E-state index in [0.29, 0.717) is 5.69 Å². The van der Waals surface area contributed by atoms with Crippen molar-refractivity contribution in [2.45, 2.75) is 20.3 Å². The van der Waals surface area contributed by atoms with Gasteiger partial charge in [0.05, 0.1) is 11.9 Å². The second kappa shape index (κ2) is 5.91. The number of rotatable bonds is 3. The molecule has 1 amide bonds. The maximum absolute atomic E-state index is 12.1. The van der Waals surface area contributed by atoms with Gasteiger partial charge >= 0.3 is 0 Å². The Balaban J connectivity index is 1.92. The number of carbonyl (C=O) groups is 1. The van der Waals surface area contributed by atoms with Crippen molar-refractivity contribution < 1.29 is 4.79 Å². The van der Waals surface area contributed by atoms with Crippen molar-refractivity contribution in [3.8, 4) is 0 Å². The first-order valence-electron chi connectivity index (χ1n) is 6.87. The van der Waals surface area contributed by atoms with Gasteiger partial charge in [-0.15, -0.1) is 0 Å². The molecule has 1 aliphatic heterocycles. The Morgan fingerprint density at radius 1 is 1.37 bits per heavy atom. The quantitative estimate of drug-likeness (QED) is 0.893. The van der Waals surface area contributed by atoms with Crippen molar-refractivity contribution in [2.75, 3.05) is 36.8 Å². The highest BCUT2D eigenvalue weighted by molar-refractivity contribution is 5.78. The number of carbonyl (C=O) groups excluding carboxylic acids is 1. The smallest absolute Gasteiger partial charge is 0.225 e. The fourth-order valence-electron chi connectivity index (χ4n) is 2.23. The molecule has 5 heteroatoms. The highest BCUT2D eigenvalue weighted by atomic mass is 16.2. The molecule has 0 aliphatic carbocycles. The van der Waals surface area contributed by atoms with Crippen LogP contribution in [0.25, 0.3) is 0 Å². The van der Waals surface area contributed by atoms with Crippen LogP contribution in [0, 0.1) is 5.92 Å². The van der Waals surface area contributed by atoms with E-state index in [0.717, 1.165) is 38.4 Å². The van der Waals surface area contributed by atoms with Gasteiger partial charge in [0.2, 0.25) is 5.91 Å². The number of piperazine rings is 1. The zero-order valence-corrected chi connectivity index (χ0v) is 11.7. The van der Waals surface area contributed by atoms with Gasteiger partial charge < -0.3 is 15.5 Å². The number of anilines is 2. The number of nitrogens with zero attached hydrogens (tertiary/aromatic N) is 3. The molecule has 1 aromatic rings. The number of nitrogens with two attached hydrogens (primary N) is 1. The summed E-state index contributed by atoms with van der Waals surface area (Å²) in [5, 5.41) is 0.